The van der Waals surface area contributed by atoms with Gasteiger partial charge in [0.15, 0.2) is 0 Å². The van der Waals surface area contributed by atoms with Gasteiger partial charge in [-0.25, -0.2) is 4.79 Å². The molecule has 1 amide bonds. The Labute approximate surface area is 141 Å². The average Bonchev–Trinajstić information content (AvgIpc) is 2.49. The fourth-order valence-electron chi connectivity index (χ4n) is 1.88. The van der Waals surface area contributed by atoms with E-state index in [-0.39, 0.29) is 11.8 Å². The number of carbonyl (C=O) groups excluding carboxylic acids is 1. The summed E-state index contributed by atoms with van der Waals surface area (Å²) < 4.78 is 31.7. The second kappa shape index (κ2) is 8.70. The number of rotatable bonds is 2. The van der Waals surface area contributed by atoms with Crippen molar-refractivity contribution in [2.24, 2.45) is 5.92 Å². The summed E-state index contributed by atoms with van der Waals surface area (Å²) in [6.45, 7) is 5.42. The summed E-state index contributed by atoms with van der Waals surface area (Å²) in [7, 11) is 0. The zero-order valence-electron chi connectivity index (χ0n) is 12.5. The third kappa shape index (κ3) is 7.01. The molecule has 0 aliphatic carbocycles. The Kier molecular flexibility index (Phi) is 7.24. The number of carboxylic acids is 1. The Bertz CT molecular complexity index is 603. The normalized spacial score (nSPS) is 17.5. The van der Waals surface area contributed by atoms with Gasteiger partial charge in [-0.2, -0.15) is 13.2 Å². The second-order valence-electron chi connectivity index (χ2n) is 5.08. The molecule has 1 aliphatic rings. The molecule has 1 aromatic rings. The fourth-order valence-corrected chi connectivity index (χ4v) is 2.00. The minimum absolute atomic E-state index is 0.0284. The second-order valence-corrected chi connectivity index (χ2v) is 5.52. The molecule has 0 spiro atoms. The van der Waals surface area contributed by atoms with E-state index in [0.29, 0.717) is 11.6 Å². The van der Waals surface area contributed by atoms with Crippen LogP contribution in [-0.4, -0.2) is 36.2 Å². The lowest BCUT2D eigenvalue weighted by Crippen LogP contribution is -2.38. The zero-order valence-corrected chi connectivity index (χ0v) is 13.2. The molecular weight excluding hydrogens is 349 g/mol. The number of piperidine rings is 1. The van der Waals surface area contributed by atoms with E-state index in [1.807, 2.05) is 0 Å². The summed E-state index contributed by atoms with van der Waals surface area (Å²) in [5, 5.41) is 13.8. The van der Waals surface area contributed by atoms with Gasteiger partial charge in [0.05, 0.1) is 5.92 Å². The molecule has 1 atom stereocenters. The van der Waals surface area contributed by atoms with Gasteiger partial charge >= 0.3 is 12.1 Å². The number of nitrogens with one attached hydrogen (secondary N) is 2. The van der Waals surface area contributed by atoms with Crippen molar-refractivity contribution in [1.29, 1.82) is 0 Å². The Hall–Kier alpha value is -2.06. The highest BCUT2D eigenvalue weighted by Crippen LogP contribution is 2.18. The first-order chi connectivity index (χ1) is 11.1. The third-order valence-electron chi connectivity index (χ3n) is 3.03. The molecule has 0 radical (unpaired) electrons. The maximum Gasteiger partial charge on any atom is 0.490 e. The van der Waals surface area contributed by atoms with E-state index in [9.17, 15) is 18.0 Å². The number of anilines is 1. The van der Waals surface area contributed by atoms with Crippen LogP contribution in [0.25, 0.3) is 0 Å². The van der Waals surface area contributed by atoms with Gasteiger partial charge < -0.3 is 15.7 Å². The van der Waals surface area contributed by atoms with E-state index in [0.717, 1.165) is 24.2 Å². The van der Waals surface area contributed by atoms with Crippen molar-refractivity contribution in [3.8, 4) is 0 Å². The molecule has 1 saturated heterocycles. The van der Waals surface area contributed by atoms with Crippen LogP contribution in [-0.2, 0) is 9.59 Å². The van der Waals surface area contributed by atoms with E-state index in [2.05, 4.69) is 17.2 Å². The highest BCUT2D eigenvalue weighted by atomic mass is 35.5. The number of carboxylic acid groups (broad SMARTS) is 1. The zero-order chi connectivity index (χ0) is 18.3. The first kappa shape index (κ1) is 20.0. The minimum Gasteiger partial charge on any atom is -0.475 e. The van der Waals surface area contributed by atoms with E-state index in [1.165, 1.54) is 0 Å². The molecule has 5 nitrogen and oxygen atoms in total. The molecule has 1 aromatic carbocycles. The Morgan fingerprint density at radius 1 is 1.29 bits per heavy atom. The summed E-state index contributed by atoms with van der Waals surface area (Å²) in [6, 6.07) is 7.11. The lowest BCUT2D eigenvalue weighted by Gasteiger charge is -2.23. The van der Waals surface area contributed by atoms with Crippen molar-refractivity contribution in [2.75, 3.05) is 18.4 Å². The molecule has 132 valence electrons. The summed E-state index contributed by atoms with van der Waals surface area (Å²) in [6.07, 6.45) is -4.33. The molecule has 0 aromatic heterocycles. The largest absolute Gasteiger partial charge is 0.490 e. The van der Waals surface area contributed by atoms with Crippen LogP contribution in [0.3, 0.4) is 0 Å². The van der Waals surface area contributed by atoms with E-state index in [1.54, 1.807) is 24.3 Å². The molecular formula is C15H16ClF3N2O3. The predicted octanol–water partition coefficient (Wildman–Crippen LogP) is 3.08. The molecule has 3 N–H and O–H groups in total. The number of carbonyl (C=O) groups is 2. The summed E-state index contributed by atoms with van der Waals surface area (Å²) in [5.74, 6) is -2.76. The van der Waals surface area contributed by atoms with E-state index < -0.39 is 12.1 Å². The fraction of sp³-hybridized carbons (Fsp3) is 0.333. The third-order valence-corrected chi connectivity index (χ3v) is 3.28. The monoisotopic (exact) mass is 364 g/mol. The Morgan fingerprint density at radius 3 is 2.29 bits per heavy atom. The smallest absolute Gasteiger partial charge is 0.475 e. The van der Waals surface area contributed by atoms with Crippen molar-refractivity contribution in [3.63, 3.8) is 0 Å². The quantitative estimate of drug-likeness (QED) is 0.705. The number of hydrogen-bond donors (Lipinski definition) is 3. The number of amides is 1. The van der Waals surface area contributed by atoms with Crippen molar-refractivity contribution >= 4 is 29.2 Å². The van der Waals surface area contributed by atoms with Gasteiger partial charge in [0, 0.05) is 23.8 Å². The molecule has 1 unspecified atom stereocenters. The first-order valence-electron chi connectivity index (χ1n) is 6.83. The van der Waals surface area contributed by atoms with Crippen molar-refractivity contribution < 1.29 is 27.9 Å². The van der Waals surface area contributed by atoms with Crippen LogP contribution in [0.1, 0.15) is 6.42 Å². The molecule has 0 bridgehead atoms. The Morgan fingerprint density at radius 2 is 1.83 bits per heavy atom. The first-order valence-corrected chi connectivity index (χ1v) is 7.21. The van der Waals surface area contributed by atoms with Gasteiger partial charge in [-0.1, -0.05) is 23.8 Å². The number of aliphatic carboxylic acids is 1. The summed E-state index contributed by atoms with van der Waals surface area (Å²) >= 11 is 5.78. The van der Waals surface area contributed by atoms with Gasteiger partial charge in [0.1, 0.15) is 0 Å². The van der Waals surface area contributed by atoms with Crippen LogP contribution in [0.15, 0.2) is 36.4 Å². The molecule has 9 heteroatoms. The molecule has 1 aliphatic heterocycles. The molecule has 2 rings (SSSR count). The maximum atomic E-state index is 12.0. The SMILES string of the molecule is C=C1CNCC(C(=O)Nc2ccc(Cl)cc2)C1.O=C(O)C(F)(F)F. The predicted molar refractivity (Wildman–Crippen MR) is 83.9 cm³/mol. The molecule has 24 heavy (non-hydrogen) atoms. The van der Waals surface area contributed by atoms with Crippen LogP contribution in [0.4, 0.5) is 18.9 Å². The van der Waals surface area contributed by atoms with E-state index in [4.69, 9.17) is 21.5 Å². The van der Waals surface area contributed by atoms with Gasteiger partial charge in [-0.05, 0) is 30.7 Å². The van der Waals surface area contributed by atoms with Gasteiger partial charge in [-0.15, -0.1) is 0 Å². The van der Waals surface area contributed by atoms with Gasteiger partial charge in [-0.3, -0.25) is 4.79 Å². The average molecular weight is 365 g/mol. The highest BCUT2D eigenvalue weighted by molar-refractivity contribution is 6.30. The molecule has 1 heterocycles. The molecule has 0 saturated carbocycles. The highest BCUT2D eigenvalue weighted by Gasteiger charge is 2.38. The molecule has 1 fully saturated rings. The van der Waals surface area contributed by atoms with Crippen LogP contribution < -0.4 is 10.6 Å². The summed E-state index contributed by atoms with van der Waals surface area (Å²) in [4.78, 5) is 20.9. The Balaban J connectivity index is 0.000000351. The standard InChI is InChI=1S/C13H15ClN2O.C2HF3O2/c1-9-6-10(8-15-7-9)13(17)16-12-4-2-11(14)3-5-12;3-2(4,5)1(6)7/h2-5,10,15H,1,6-8H2,(H,16,17);(H,6,7). The lowest BCUT2D eigenvalue weighted by atomic mass is 9.95. The number of hydrogen-bond acceptors (Lipinski definition) is 3. The minimum atomic E-state index is -5.08. The number of halogens is 4. The van der Waals surface area contributed by atoms with Crippen LogP contribution >= 0.6 is 11.6 Å². The van der Waals surface area contributed by atoms with Gasteiger partial charge in [0.25, 0.3) is 0 Å². The van der Waals surface area contributed by atoms with Crippen molar-refractivity contribution in [2.45, 2.75) is 12.6 Å². The van der Waals surface area contributed by atoms with Crippen molar-refractivity contribution in [3.05, 3.63) is 41.4 Å². The van der Waals surface area contributed by atoms with Crippen molar-refractivity contribution in [1.82, 2.24) is 5.32 Å². The summed E-state index contributed by atoms with van der Waals surface area (Å²) in [5.41, 5.74) is 1.85. The van der Waals surface area contributed by atoms with E-state index >= 15 is 0 Å². The van der Waals surface area contributed by atoms with Crippen LogP contribution in [0, 0.1) is 5.92 Å². The van der Waals surface area contributed by atoms with Crippen LogP contribution in [0.2, 0.25) is 5.02 Å². The number of alkyl halides is 3. The maximum absolute atomic E-state index is 12.0. The number of benzene rings is 1. The lowest BCUT2D eigenvalue weighted by molar-refractivity contribution is -0.192. The topological polar surface area (TPSA) is 78.4 Å². The van der Waals surface area contributed by atoms with Gasteiger partial charge in [0.2, 0.25) is 5.91 Å². The van der Waals surface area contributed by atoms with Crippen LogP contribution in [0.5, 0.6) is 0 Å².